The van der Waals surface area contributed by atoms with Gasteiger partial charge in [-0.1, -0.05) is 22.9 Å². The minimum absolute atomic E-state index is 0.0863. The average Bonchev–Trinajstić information content (AvgIpc) is 2.32. The number of rotatable bonds is 2. The predicted molar refractivity (Wildman–Crippen MR) is 69.4 cm³/mol. The van der Waals surface area contributed by atoms with Crippen LogP contribution in [-0.4, -0.2) is 35.6 Å². The van der Waals surface area contributed by atoms with E-state index >= 15 is 0 Å². The van der Waals surface area contributed by atoms with Gasteiger partial charge in [-0.05, 0) is 18.4 Å². The van der Waals surface area contributed by atoms with Crippen molar-refractivity contribution in [2.24, 2.45) is 5.92 Å². The molecule has 1 aliphatic heterocycles. The quantitative estimate of drug-likeness (QED) is 0.776. The molecule has 4 nitrogen and oxygen atoms in total. The zero-order valence-electron chi connectivity index (χ0n) is 9.88. The monoisotopic (exact) mass is 336 g/mol. The number of alkyl halides is 1. The van der Waals surface area contributed by atoms with E-state index in [1.807, 2.05) is 0 Å². The van der Waals surface area contributed by atoms with Crippen molar-refractivity contribution in [2.45, 2.75) is 23.1 Å². The number of halogens is 2. The number of hydrogen-bond donors (Lipinski definition) is 0. The van der Waals surface area contributed by atoms with Gasteiger partial charge >= 0.3 is 0 Å². The lowest BCUT2D eigenvalue weighted by atomic mass is 10.0. The minimum atomic E-state index is -3.64. The Labute approximate surface area is 114 Å². The molecule has 0 amide bonds. The lowest BCUT2D eigenvalue weighted by molar-refractivity contribution is 0.299. The Morgan fingerprint density at radius 3 is 2.83 bits per heavy atom. The standard InChI is InChI=1S/C11H14BrFN2O2S/c1-8-2-3-15(7-11(8)12)18(16,17)10-4-9(13)5-14-6-10/h4-6,8,11H,2-3,7H2,1H3. The van der Waals surface area contributed by atoms with Gasteiger partial charge in [-0.15, -0.1) is 0 Å². The largest absolute Gasteiger partial charge is 0.260 e. The van der Waals surface area contributed by atoms with Crippen molar-refractivity contribution in [3.8, 4) is 0 Å². The zero-order valence-corrected chi connectivity index (χ0v) is 12.3. The second kappa shape index (κ2) is 5.22. The van der Waals surface area contributed by atoms with Crippen LogP contribution in [0.25, 0.3) is 0 Å². The molecule has 2 heterocycles. The molecular weight excluding hydrogens is 323 g/mol. The Bertz CT molecular complexity index is 538. The number of sulfonamides is 1. The van der Waals surface area contributed by atoms with Gasteiger partial charge in [0.25, 0.3) is 0 Å². The summed E-state index contributed by atoms with van der Waals surface area (Å²) in [6.07, 6.45) is 2.96. The molecule has 0 spiro atoms. The smallest absolute Gasteiger partial charge is 0.244 e. The van der Waals surface area contributed by atoms with Crippen molar-refractivity contribution in [3.63, 3.8) is 0 Å². The van der Waals surface area contributed by atoms with E-state index in [9.17, 15) is 12.8 Å². The summed E-state index contributed by atoms with van der Waals surface area (Å²) in [5, 5.41) is 0. The molecule has 2 atom stereocenters. The Morgan fingerprint density at radius 1 is 1.50 bits per heavy atom. The molecule has 1 aliphatic rings. The van der Waals surface area contributed by atoms with E-state index in [2.05, 4.69) is 27.8 Å². The van der Waals surface area contributed by atoms with Crippen LogP contribution in [0.5, 0.6) is 0 Å². The molecule has 1 aromatic heterocycles. The van der Waals surface area contributed by atoms with Gasteiger partial charge in [-0.3, -0.25) is 4.98 Å². The molecule has 2 unspecified atom stereocenters. The fourth-order valence-electron chi connectivity index (χ4n) is 1.90. The van der Waals surface area contributed by atoms with E-state index in [1.54, 1.807) is 0 Å². The van der Waals surface area contributed by atoms with Crippen LogP contribution in [0.4, 0.5) is 4.39 Å². The van der Waals surface area contributed by atoms with Crippen molar-refractivity contribution in [1.29, 1.82) is 0 Å². The molecule has 0 N–H and O–H groups in total. The van der Waals surface area contributed by atoms with E-state index < -0.39 is 15.8 Å². The molecule has 1 saturated heterocycles. The third-order valence-corrected chi connectivity index (χ3v) is 6.17. The SMILES string of the molecule is CC1CCN(S(=O)(=O)c2cncc(F)c2)CC1Br. The van der Waals surface area contributed by atoms with Gasteiger partial charge < -0.3 is 0 Å². The van der Waals surface area contributed by atoms with Crippen molar-refractivity contribution in [1.82, 2.24) is 9.29 Å². The lowest BCUT2D eigenvalue weighted by Gasteiger charge is -2.33. The zero-order chi connectivity index (χ0) is 13.3. The highest BCUT2D eigenvalue weighted by molar-refractivity contribution is 9.09. The summed E-state index contributed by atoms with van der Waals surface area (Å²) in [4.78, 5) is 3.63. The van der Waals surface area contributed by atoms with E-state index in [4.69, 9.17) is 0 Å². The second-order valence-electron chi connectivity index (χ2n) is 4.48. The van der Waals surface area contributed by atoms with Gasteiger partial charge in [0.05, 0.1) is 6.20 Å². The van der Waals surface area contributed by atoms with Crippen LogP contribution < -0.4 is 0 Å². The molecule has 0 saturated carbocycles. The summed E-state index contributed by atoms with van der Waals surface area (Å²) in [5.41, 5.74) is 0. The van der Waals surface area contributed by atoms with Gasteiger partial charge in [0.1, 0.15) is 10.7 Å². The summed E-state index contributed by atoms with van der Waals surface area (Å²) in [6, 6.07) is 1.00. The predicted octanol–water partition coefficient (Wildman–Crippen LogP) is 2.01. The molecule has 0 aliphatic carbocycles. The first kappa shape index (κ1) is 13.9. The molecule has 1 fully saturated rings. The highest BCUT2D eigenvalue weighted by atomic mass is 79.9. The van der Waals surface area contributed by atoms with Gasteiger partial charge in [0.15, 0.2) is 0 Å². The van der Waals surface area contributed by atoms with Crippen LogP contribution in [0.2, 0.25) is 0 Å². The summed E-state index contributed by atoms with van der Waals surface area (Å²) >= 11 is 3.48. The Balaban J connectivity index is 2.27. The van der Waals surface area contributed by atoms with Crippen molar-refractivity contribution in [3.05, 3.63) is 24.3 Å². The molecule has 0 bridgehead atoms. The number of aromatic nitrogens is 1. The van der Waals surface area contributed by atoms with Crippen LogP contribution in [0.15, 0.2) is 23.4 Å². The molecule has 2 rings (SSSR count). The Hall–Kier alpha value is -0.530. The minimum Gasteiger partial charge on any atom is -0.260 e. The molecule has 1 aromatic rings. The lowest BCUT2D eigenvalue weighted by Crippen LogP contribution is -2.43. The van der Waals surface area contributed by atoms with Crippen molar-refractivity contribution in [2.75, 3.05) is 13.1 Å². The van der Waals surface area contributed by atoms with Crippen LogP contribution in [0.3, 0.4) is 0 Å². The summed E-state index contributed by atoms with van der Waals surface area (Å²) in [6.45, 7) is 2.94. The average molecular weight is 337 g/mol. The maximum absolute atomic E-state index is 13.0. The Kier molecular flexibility index (Phi) is 4.03. The van der Waals surface area contributed by atoms with Crippen LogP contribution in [0.1, 0.15) is 13.3 Å². The molecule has 0 aromatic carbocycles. The number of hydrogen-bond acceptors (Lipinski definition) is 3. The van der Waals surface area contributed by atoms with Crippen molar-refractivity contribution >= 4 is 26.0 Å². The first-order valence-electron chi connectivity index (χ1n) is 5.66. The number of piperidine rings is 1. The van der Waals surface area contributed by atoms with Gasteiger partial charge in [-0.25, -0.2) is 12.8 Å². The highest BCUT2D eigenvalue weighted by Gasteiger charge is 2.32. The third-order valence-electron chi connectivity index (χ3n) is 3.15. The molecular formula is C11H14BrFN2O2S. The van der Waals surface area contributed by atoms with Gasteiger partial charge in [-0.2, -0.15) is 4.31 Å². The highest BCUT2D eigenvalue weighted by Crippen LogP contribution is 2.27. The fourth-order valence-corrected chi connectivity index (χ4v) is 4.16. The molecule has 100 valence electrons. The maximum Gasteiger partial charge on any atom is 0.244 e. The van der Waals surface area contributed by atoms with Crippen LogP contribution in [0, 0.1) is 11.7 Å². The van der Waals surface area contributed by atoms with Crippen LogP contribution in [-0.2, 0) is 10.0 Å². The molecule has 7 heteroatoms. The topological polar surface area (TPSA) is 50.3 Å². The normalized spacial score (nSPS) is 26.2. The second-order valence-corrected chi connectivity index (χ2v) is 7.60. The van der Waals surface area contributed by atoms with E-state index in [0.717, 1.165) is 18.7 Å². The maximum atomic E-state index is 13.0. The first-order chi connectivity index (χ1) is 8.41. The fraction of sp³-hybridized carbons (Fsp3) is 0.545. The summed E-state index contributed by atoms with van der Waals surface area (Å²) < 4.78 is 39.0. The summed E-state index contributed by atoms with van der Waals surface area (Å²) in [7, 11) is -3.64. The molecule has 0 radical (unpaired) electrons. The van der Waals surface area contributed by atoms with E-state index in [0.29, 0.717) is 19.0 Å². The third kappa shape index (κ3) is 2.73. The van der Waals surface area contributed by atoms with Crippen molar-refractivity contribution < 1.29 is 12.8 Å². The van der Waals surface area contributed by atoms with Crippen LogP contribution >= 0.6 is 15.9 Å². The number of pyridine rings is 1. The van der Waals surface area contributed by atoms with E-state index in [1.165, 1.54) is 10.5 Å². The first-order valence-corrected chi connectivity index (χ1v) is 8.01. The van der Waals surface area contributed by atoms with E-state index in [-0.39, 0.29) is 9.72 Å². The van der Waals surface area contributed by atoms with Gasteiger partial charge in [0, 0.05) is 24.1 Å². The van der Waals surface area contributed by atoms with Gasteiger partial charge in [0.2, 0.25) is 10.0 Å². The number of nitrogens with zero attached hydrogens (tertiary/aromatic N) is 2. The molecule has 18 heavy (non-hydrogen) atoms. The summed E-state index contributed by atoms with van der Waals surface area (Å²) in [5.74, 6) is -0.209. The Morgan fingerprint density at radius 2 is 2.22 bits per heavy atom.